The summed E-state index contributed by atoms with van der Waals surface area (Å²) in [5.74, 6) is 0. The molecule has 0 unspecified atom stereocenters. The van der Waals surface area contributed by atoms with Crippen LogP contribution in [0, 0.1) is 62.3 Å². The topological polar surface area (TPSA) is 13.1 Å². The van der Waals surface area contributed by atoms with Crippen LogP contribution in [0.15, 0.2) is 71.1 Å². The van der Waals surface area contributed by atoms with Gasteiger partial charge in [-0.15, -0.1) is 0 Å². The third-order valence-electron chi connectivity index (χ3n) is 10.4. The number of hydrogen-bond donors (Lipinski definition) is 0. The quantitative estimate of drug-likeness (QED) is 0.197. The van der Waals surface area contributed by atoms with Gasteiger partial charge in [-0.1, -0.05) is 60.7 Å². The molecule has 0 amide bonds. The molecule has 0 radical (unpaired) electrons. The fourth-order valence-electron chi connectivity index (χ4n) is 7.48. The average Bonchev–Trinajstić information content (AvgIpc) is 3.40. The SMILES string of the molecule is Cc1c(C)c(C)c2c(-c3cccc4oc5c(C)cccc5c34)c3c(C)c(C)c(C)c(C)c3c(-c3ccccc3)c2c1C. The Morgan fingerprint density at radius 2 is 0.905 bits per heavy atom. The van der Waals surface area contributed by atoms with Crippen LogP contribution in [0.3, 0.4) is 0 Å². The largest absolute Gasteiger partial charge is 0.456 e. The minimum absolute atomic E-state index is 0.946. The summed E-state index contributed by atoms with van der Waals surface area (Å²) in [7, 11) is 0. The molecule has 0 spiro atoms. The Morgan fingerprint density at radius 3 is 1.45 bits per heavy atom. The lowest BCUT2D eigenvalue weighted by Gasteiger charge is -2.27. The molecule has 0 aliphatic rings. The first-order valence-electron chi connectivity index (χ1n) is 15.1. The number of hydrogen-bond acceptors (Lipinski definition) is 1. The maximum Gasteiger partial charge on any atom is 0.138 e. The second-order valence-electron chi connectivity index (χ2n) is 12.3. The van der Waals surface area contributed by atoms with Gasteiger partial charge in [0.05, 0.1) is 0 Å². The van der Waals surface area contributed by atoms with E-state index < -0.39 is 0 Å². The molecule has 1 aromatic heterocycles. The van der Waals surface area contributed by atoms with Crippen LogP contribution in [0.4, 0.5) is 0 Å². The highest BCUT2D eigenvalue weighted by Crippen LogP contribution is 2.52. The molecule has 0 N–H and O–H groups in total. The van der Waals surface area contributed by atoms with Crippen molar-refractivity contribution < 1.29 is 4.42 Å². The number of rotatable bonds is 2. The van der Waals surface area contributed by atoms with E-state index in [2.05, 4.69) is 129 Å². The molecule has 0 aliphatic carbocycles. The van der Waals surface area contributed by atoms with E-state index >= 15 is 0 Å². The van der Waals surface area contributed by atoms with Crippen LogP contribution in [0.5, 0.6) is 0 Å². The Hall–Kier alpha value is -4.36. The van der Waals surface area contributed by atoms with Crippen molar-refractivity contribution in [3.63, 3.8) is 0 Å². The Bertz CT molecular complexity index is 2180. The van der Waals surface area contributed by atoms with Crippen molar-refractivity contribution in [3.8, 4) is 22.3 Å². The summed E-state index contributed by atoms with van der Waals surface area (Å²) in [6.07, 6.45) is 0. The molecular weight excluding hydrogens is 508 g/mol. The molecule has 0 fully saturated rings. The van der Waals surface area contributed by atoms with Crippen molar-refractivity contribution in [1.29, 1.82) is 0 Å². The molecule has 1 heterocycles. The molecule has 0 bridgehead atoms. The van der Waals surface area contributed by atoms with Gasteiger partial charge in [-0.05, 0) is 162 Å². The van der Waals surface area contributed by atoms with Crippen molar-refractivity contribution in [3.05, 3.63) is 117 Å². The van der Waals surface area contributed by atoms with Gasteiger partial charge < -0.3 is 4.42 Å². The molecule has 0 saturated heterocycles. The van der Waals surface area contributed by atoms with E-state index in [-0.39, 0.29) is 0 Å². The molecule has 0 aliphatic heterocycles. The molecule has 1 nitrogen and oxygen atoms in total. The molecule has 7 aromatic rings. The predicted molar refractivity (Wildman–Crippen MR) is 182 cm³/mol. The fraction of sp³-hybridized carbons (Fsp3) is 0.220. The van der Waals surface area contributed by atoms with E-state index in [1.165, 1.54) is 105 Å². The smallest absolute Gasteiger partial charge is 0.138 e. The van der Waals surface area contributed by atoms with Crippen LogP contribution in [0.2, 0.25) is 0 Å². The van der Waals surface area contributed by atoms with Crippen molar-refractivity contribution in [2.45, 2.75) is 62.3 Å². The third-order valence-corrected chi connectivity index (χ3v) is 10.4. The number of para-hydroxylation sites is 1. The van der Waals surface area contributed by atoms with Gasteiger partial charge in [-0.2, -0.15) is 0 Å². The Balaban J connectivity index is 1.88. The van der Waals surface area contributed by atoms with Gasteiger partial charge in [0.1, 0.15) is 11.2 Å². The lowest BCUT2D eigenvalue weighted by Crippen LogP contribution is -2.03. The molecule has 6 aromatic carbocycles. The lowest BCUT2D eigenvalue weighted by molar-refractivity contribution is 0.666. The monoisotopic (exact) mass is 546 g/mol. The van der Waals surface area contributed by atoms with Gasteiger partial charge in [0.15, 0.2) is 0 Å². The first-order valence-corrected chi connectivity index (χ1v) is 15.1. The van der Waals surface area contributed by atoms with Gasteiger partial charge in [-0.3, -0.25) is 0 Å². The maximum absolute atomic E-state index is 6.56. The second kappa shape index (κ2) is 9.33. The van der Waals surface area contributed by atoms with Crippen LogP contribution in [-0.4, -0.2) is 0 Å². The fourth-order valence-corrected chi connectivity index (χ4v) is 7.48. The van der Waals surface area contributed by atoms with Crippen molar-refractivity contribution >= 4 is 43.5 Å². The zero-order chi connectivity index (χ0) is 29.6. The van der Waals surface area contributed by atoms with Gasteiger partial charge >= 0.3 is 0 Å². The number of benzene rings is 6. The zero-order valence-corrected chi connectivity index (χ0v) is 26.3. The van der Waals surface area contributed by atoms with Crippen LogP contribution >= 0.6 is 0 Å². The Labute approximate surface area is 248 Å². The molecule has 208 valence electrons. The van der Waals surface area contributed by atoms with Crippen molar-refractivity contribution in [2.24, 2.45) is 0 Å². The lowest BCUT2D eigenvalue weighted by atomic mass is 9.76. The first kappa shape index (κ1) is 26.5. The Morgan fingerprint density at radius 1 is 0.405 bits per heavy atom. The van der Waals surface area contributed by atoms with E-state index in [4.69, 9.17) is 4.42 Å². The molecule has 0 atom stereocenters. The minimum Gasteiger partial charge on any atom is -0.456 e. The van der Waals surface area contributed by atoms with Crippen molar-refractivity contribution in [1.82, 2.24) is 0 Å². The molecule has 1 heteroatoms. The number of aryl methyl sites for hydroxylation is 5. The Kier molecular flexibility index (Phi) is 5.89. The second-order valence-corrected chi connectivity index (χ2v) is 12.3. The van der Waals surface area contributed by atoms with Gasteiger partial charge in [-0.25, -0.2) is 0 Å². The highest BCUT2D eigenvalue weighted by atomic mass is 16.3. The highest BCUT2D eigenvalue weighted by Gasteiger charge is 2.27. The van der Waals surface area contributed by atoms with Crippen LogP contribution < -0.4 is 0 Å². The van der Waals surface area contributed by atoms with E-state index in [0.717, 1.165) is 11.2 Å². The highest BCUT2D eigenvalue weighted by molar-refractivity contribution is 6.28. The molecule has 7 rings (SSSR count). The molecule has 42 heavy (non-hydrogen) atoms. The van der Waals surface area contributed by atoms with Gasteiger partial charge in [0.25, 0.3) is 0 Å². The van der Waals surface area contributed by atoms with E-state index in [0.29, 0.717) is 0 Å². The summed E-state index contributed by atoms with van der Waals surface area (Å²) in [4.78, 5) is 0. The predicted octanol–water partition coefficient (Wildman–Crippen LogP) is 12.0. The summed E-state index contributed by atoms with van der Waals surface area (Å²) in [5, 5.41) is 7.86. The van der Waals surface area contributed by atoms with Gasteiger partial charge in [0.2, 0.25) is 0 Å². The van der Waals surface area contributed by atoms with E-state index in [9.17, 15) is 0 Å². The van der Waals surface area contributed by atoms with Crippen LogP contribution in [0.1, 0.15) is 50.1 Å². The van der Waals surface area contributed by atoms with E-state index in [1.807, 2.05) is 0 Å². The molecular formula is C41H38O. The van der Waals surface area contributed by atoms with Gasteiger partial charge in [0, 0.05) is 10.8 Å². The normalized spacial score (nSPS) is 11.9. The third kappa shape index (κ3) is 3.43. The van der Waals surface area contributed by atoms with Crippen molar-refractivity contribution in [2.75, 3.05) is 0 Å². The summed E-state index contributed by atoms with van der Waals surface area (Å²) < 4.78 is 6.56. The first-order chi connectivity index (χ1) is 20.1. The number of furan rings is 1. The summed E-state index contributed by atoms with van der Waals surface area (Å²) in [6, 6.07) is 24.2. The summed E-state index contributed by atoms with van der Waals surface area (Å²) in [6.45, 7) is 20.6. The minimum atomic E-state index is 0.946. The molecule has 0 saturated carbocycles. The zero-order valence-electron chi connectivity index (χ0n) is 26.3. The number of fused-ring (bicyclic) bond motifs is 5. The van der Waals surface area contributed by atoms with Crippen LogP contribution in [-0.2, 0) is 0 Å². The van der Waals surface area contributed by atoms with E-state index in [1.54, 1.807) is 0 Å². The van der Waals surface area contributed by atoms with Crippen LogP contribution in [0.25, 0.3) is 65.7 Å². The summed E-state index contributed by atoms with van der Waals surface area (Å²) in [5.41, 5.74) is 19.3. The summed E-state index contributed by atoms with van der Waals surface area (Å²) >= 11 is 0. The average molecular weight is 547 g/mol. The standard InChI is InChI=1S/C41H38O/c1-21-15-13-19-32-39-31(18-14-20-33(39)42-41(21)32)40-36-28(8)24(4)22(2)26(6)34(36)38(30-16-11-10-12-17-30)35-27(7)23(3)25(5)29(9)37(35)40/h10-20H,1-9H3. The maximum atomic E-state index is 6.56.